The summed E-state index contributed by atoms with van der Waals surface area (Å²) in [4.78, 5) is -0.293. The van der Waals surface area contributed by atoms with Gasteiger partial charge in [-0.3, -0.25) is 4.21 Å². The van der Waals surface area contributed by atoms with Crippen LogP contribution in [0.1, 0.15) is 11.1 Å². The highest BCUT2D eigenvalue weighted by Gasteiger charge is 2.18. The number of benzene rings is 2. The summed E-state index contributed by atoms with van der Waals surface area (Å²) in [7, 11) is -3.62. The molecule has 0 bridgehead atoms. The van der Waals surface area contributed by atoms with Crippen molar-refractivity contribution in [1.82, 2.24) is 0 Å². The SMILES string of the molecule is CS(=O)(=O)c1c(Cc2ccccc2)cccc1S(=O)[O-]. The van der Waals surface area contributed by atoms with Gasteiger partial charge >= 0.3 is 0 Å². The van der Waals surface area contributed by atoms with Crippen molar-refractivity contribution in [3.8, 4) is 0 Å². The fourth-order valence-corrected chi connectivity index (χ4v) is 4.25. The summed E-state index contributed by atoms with van der Waals surface area (Å²) in [5.74, 6) is 0. The molecule has 6 heteroatoms. The first-order valence-corrected chi connectivity index (χ1v) is 8.81. The minimum atomic E-state index is -3.62. The van der Waals surface area contributed by atoms with Gasteiger partial charge in [-0.05, 0) is 34.7 Å². The summed E-state index contributed by atoms with van der Waals surface area (Å²) in [5, 5.41) is 0. The van der Waals surface area contributed by atoms with Crippen molar-refractivity contribution in [2.45, 2.75) is 16.2 Å². The molecule has 0 aliphatic rings. The lowest BCUT2D eigenvalue weighted by atomic mass is 10.1. The molecule has 4 nitrogen and oxygen atoms in total. The van der Waals surface area contributed by atoms with Gasteiger partial charge < -0.3 is 4.55 Å². The highest BCUT2D eigenvalue weighted by Crippen LogP contribution is 2.25. The van der Waals surface area contributed by atoms with E-state index in [9.17, 15) is 17.2 Å². The second kappa shape index (κ2) is 5.87. The summed E-state index contributed by atoms with van der Waals surface area (Å²) in [6, 6.07) is 13.8. The van der Waals surface area contributed by atoms with Crippen LogP contribution in [0.15, 0.2) is 58.3 Å². The summed E-state index contributed by atoms with van der Waals surface area (Å²) < 4.78 is 46.2. The average Bonchev–Trinajstić information content (AvgIpc) is 2.38. The van der Waals surface area contributed by atoms with E-state index in [4.69, 9.17) is 0 Å². The molecule has 0 saturated carbocycles. The Morgan fingerprint density at radius 3 is 2.25 bits per heavy atom. The third kappa shape index (κ3) is 3.33. The van der Waals surface area contributed by atoms with Gasteiger partial charge in [0.05, 0.1) is 4.90 Å². The minimum absolute atomic E-state index is 0.114. The van der Waals surface area contributed by atoms with Crippen LogP contribution < -0.4 is 0 Å². The molecule has 0 N–H and O–H groups in total. The van der Waals surface area contributed by atoms with Crippen LogP contribution in [-0.4, -0.2) is 23.4 Å². The largest absolute Gasteiger partial charge is 0.768 e. The molecule has 106 valence electrons. The van der Waals surface area contributed by atoms with Gasteiger partial charge in [0.2, 0.25) is 0 Å². The van der Waals surface area contributed by atoms with Crippen molar-refractivity contribution < 1.29 is 17.2 Å². The lowest BCUT2D eigenvalue weighted by Crippen LogP contribution is -2.08. The van der Waals surface area contributed by atoms with Crippen LogP contribution in [0.25, 0.3) is 0 Å². The predicted molar refractivity (Wildman–Crippen MR) is 76.0 cm³/mol. The molecule has 0 heterocycles. The molecular weight excluding hydrogens is 296 g/mol. The second-order valence-corrected chi connectivity index (χ2v) is 7.28. The molecule has 0 aliphatic carbocycles. The van der Waals surface area contributed by atoms with E-state index in [1.54, 1.807) is 12.1 Å². The normalized spacial score (nSPS) is 13.1. The molecule has 0 aromatic heterocycles. The molecule has 0 fully saturated rings. The van der Waals surface area contributed by atoms with Gasteiger partial charge in [0.1, 0.15) is 0 Å². The Labute approximate surface area is 120 Å². The van der Waals surface area contributed by atoms with Crippen molar-refractivity contribution in [2.24, 2.45) is 0 Å². The summed E-state index contributed by atoms with van der Waals surface area (Å²) in [5.41, 5.74) is 1.41. The Kier molecular flexibility index (Phi) is 4.37. The number of sulfone groups is 1. The monoisotopic (exact) mass is 309 g/mol. The fraction of sp³-hybridized carbons (Fsp3) is 0.143. The smallest absolute Gasteiger partial charge is 0.176 e. The third-order valence-corrected chi connectivity index (χ3v) is 4.90. The average molecular weight is 309 g/mol. The van der Waals surface area contributed by atoms with Gasteiger partial charge in [0.15, 0.2) is 9.84 Å². The van der Waals surface area contributed by atoms with E-state index in [1.165, 1.54) is 6.07 Å². The molecular formula is C14H13O4S2-. The molecule has 2 aromatic carbocycles. The second-order valence-electron chi connectivity index (χ2n) is 4.41. The van der Waals surface area contributed by atoms with Crippen molar-refractivity contribution >= 4 is 20.9 Å². The maximum Gasteiger partial charge on any atom is 0.176 e. The van der Waals surface area contributed by atoms with E-state index in [1.807, 2.05) is 30.3 Å². The summed E-state index contributed by atoms with van der Waals surface area (Å²) in [6.45, 7) is 0. The molecule has 0 saturated heterocycles. The lowest BCUT2D eigenvalue weighted by molar-refractivity contribution is 0.533. The Hall–Kier alpha value is -1.50. The van der Waals surface area contributed by atoms with Crippen molar-refractivity contribution in [2.75, 3.05) is 6.26 Å². The quantitative estimate of drug-likeness (QED) is 0.809. The van der Waals surface area contributed by atoms with E-state index in [0.29, 0.717) is 12.0 Å². The first-order chi connectivity index (χ1) is 9.39. The van der Waals surface area contributed by atoms with E-state index >= 15 is 0 Å². The molecule has 0 radical (unpaired) electrons. The molecule has 20 heavy (non-hydrogen) atoms. The minimum Gasteiger partial charge on any atom is -0.768 e. The standard InChI is InChI=1S/C14H14O4S2/c1-20(17,18)14-12(8-5-9-13(14)19(15)16)10-11-6-3-2-4-7-11/h2-9H,10H2,1H3,(H,15,16)/p-1. The van der Waals surface area contributed by atoms with Crippen LogP contribution in [-0.2, 0) is 27.3 Å². The van der Waals surface area contributed by atoms with E-state index in [-0.39, 0.29) is 9.79 Å². The Morgan fingerprint density at radius 1 is 1.05 bits per heavy atom. The maximum absolute atomic E-state index is 11.9. The van der Waals surface area contributed by atoms with Gasteiger partial charge in [-0.2, -0.15) is 0 Å². The van der Waals surface area contributed by atoms with Crippen molar-refractivity contribution in [1.29, 1.82) is 0 Å². The summed E-state index contributed by atoms with van der Waals surface area (Å²) in [6.07, 6.45) is 1.39. The van der Waals surface area contributed by atoms with Crippen LogP contribution >= 0.6 is 0 Å². The molecule has 2 rings (SSSR count). The van der Waals surface area contributed by atoms with Crippen LogP contribution in [0.3, 0.4) is 0 Å². The van der Waals surface area contributed by atoms with Crippen LogP contribution in [0, 0.1) is 0 Å². The molecule has 0 amide bonds. The van der Waals surface area contributed by atoms with Crippen molar-refractivity contribution in [3.63, 3.8) is 0 Å². The van der Waals surface area contributed by atoms with Gasteiger partial charge in [0.25, 0.3) is 0 Å². The molecule has 1 atom stereocenters. The third-order valence-electron chi connectivity index (χ3n) is 2.85. The van der Waals surface area contributed by atoms with Crippen molar-refractivity contribution in [3.05, 3.63) is 59.7 Å². The van der Waals surface area contributed by atoms with Gasteiger partial charge in [-0.15, -0.1) is 0 Å². The number of hydrogen-bond donors (Lipinski definition) is 0. The molecule has 1 unspecified atom stereocenters. The fourth-order valence-electron chi connectivity index (χ4n) is 2.07. The zero-order valence-corrected chi connectivity index (χ0v) is 12.4. The highest BCUT2D eigenvalue weighted by molar-refractivity contribution is 7.91. The first kappa shape index (κ1) is 14.9. The summed E-state index contributed by atoms with van der Waals surface area (Å²) >= 11 is -2.58. The Morgan fingerprint density at radius 2 is 1.70 bits per heavy atom. The zero-order chi connectivity index (χ0) is 14.8. The van der Waals surface area contributed by atoms with Gasteiger partial charge in [-0.1, -0.05) is 42.5 Å². The van der Waals surface area contributed by atoms with Crippen LogP contribution in [0.4, 0.5) is 0 Å². The predicted octanol–water partition coefficient (Wildman–Crippen LogP) is 1.92. The molecule has 0 spiro atoms. The van der Waals surface area contributed by atoms with Gasteiger partial charge in [-0.25, -0.2) is 8.42 Å². The van der Waals surface area contributed by atoms with Gasteiger partial charge in [0, 0.05) is 11.2 Å². The lowest BCUT2D eigenvalue weighted by Gasteiger charge is -2.15. The van der Waals surface area contributed by atoms with Crippen LogP contribution in [0.2, 0.25) is 0 Å². The maximum atomic E-state index is 11.9. The van der Waals surface area contributed by atoms with E-state index in [0.717, 1.165) is 11.8 Å². The van der Waals surface area contributed by atoms with Crippen LogP contribution in [0.5, 0.6) is 0 Å². The molecule has 0 aliphatic heterocycles. The highest BCUT2D eigenvalue weighted by atomic mass is 32.2. The van der Waals surface area contributed by atoms with E-state index < -0.39 is 20.9 Å². The molecule has 2 aromatic rings. The number of rotatable bonds is 4. The Balaban J connectivity index is 2.59. The number of hydrogen-bond acceptors (Lipinski definition) is 4. The first-order valence-electron chi connectivity index (χ1n) is 5.84. The topological polar surface area (TPSA) is 74.3 Å². The zero-order valence-electron chi connectivity index (χ0n) is 10.8. The Bertz CT molecular complexity index is 737. The van der Waals surface area contributed by atoms with E-state index in [2.05, 4.69) is 0 Å².